The fourth-order valence-electron chi connectivity index (χ4n) is 1.92. The third-order valence-corrected chi connectivity index (χ3v) is 3.60. The van der Waals surface area contributed by atoms with Crippen LogP contribution in [0.2, 0.25) is 0 Å². The van der Waals surface area contributed by atoms with E-state index in [0.717, 1.165) is 5.56 Å². The number of nitrogens with one attached hydrogen (secondary N) is 1. The van der Waals surface area contributed by atoms with Crippen molar-refractivity contribution in [2.24, 2.45) is 5.41 Å². The van der Waals surface area contributed by atoms with E-state index < -0.39 is 11.4 Å². The van der Waals surface area contributed by atoms with Gasteiger partial charge in [-0.15, -0.1) is 0 Å². The zero-order valence-corrected chi connectivity index (χ0v) is 10.3. The molecular weight excluding hydrogens is 230 g/mol. The van der Waals surface area contributed by atoms with Crippen LogP contribution >= 0.6 is 0 Å². The van der Waals surface area contributed by atoms with Crippen LogP contribution in [0.1, 0.15) is 31.2 Å². The minimum absolute atomic E-state index is 0.117. The number of carboxylic acids is 1. The van der Waals surface area contributed by atoms with E-state index >= 15 is 0 Å². The summed E-state index contributed by atoms with van der Waals surface area (Å²) < 4.78 is 0. The van der Waals surface area contributed by atoms with Crippen molar-refractivity contribution in [1.82, 2.24) is 5.32 Å². The second-order valence-electron chi connectivity index (χ2n) is 4.94. The molecule has 1 fully saturated rings. The lowest BCUT2D eigenvalue weighted by Crippen LogP contribution is -2.36. The standard InChI is InChI=1S/C14H17NO3/c1-10(11-5-3-2-4-6-11)12(16)15-9-14(7-8-14)13(17)18/h2-6,10H,7-9H2,1H3,(H,15,16)(H,17,18). The maximum absolute atomic E-state index is 11.9. The van der Waals surface area contributed by atoms with E-state index in [9.17, 15) is 9.59 Å². The molecule has 0 saturated heterocycles. The van der Waals surface area contributed by atoms with Crippen molar-refractivity contribution in [3.05, 3.63) is 35.9 Å². The maximum Gasteiger partial charge on any atom is 0.311 e. The molecule has 18 heavy (non-hydrogen) atoms. The van der Waals surface area contributed by atoms with Crippen LogP contribution in [-0.2, 0) is 9.59 Å². The van der Waals surface area contributed by atoms with Gasteiger partial charge in [0.2, 0.25) is 5.91 Å². The van der Waals surface area contributed by atoms with Crippen LogP contribution in [0.4, 0.5) is 0 Å². The first-order valence-corrected chi connectivity index (χ1v) is 6.11. The molecule has 1 saturated carbocycles. The Bertz CT molecular complexity index is 451. The highest BCUT2D eigenvalue weighted by Gasteiger charge is 2.50. The van der Waals surface area contributed by atoms with Crippen LogP contribution in [0, 0.1) is 5.41 Å². The van der Waals surface area contributed by atoms with Gasteiger partial charge in [-0.25, -0.2) is 0 Å². The van der Waals surface area contributed by atoms with Gasteiger partial charge in [-0.1, -0.05) is 30.3 Å². The first kappa shape index (κ1) is 12.6. The van der Waals surface area contributed by atoms with E-state index in [1.165, 1.54) is 0 Å². The zero-order chi connectivity index (χ0) is 13.2. The van der Waals surface area contributed by atoms with Crippen molar-refractivity contribution < 1.29 is 14.7 Å². The second-order valence-corrected chi connectivity index (χ2v) is 4.94. The first-order chi connectivity index (χ1) is 8.55. The van der Waals surface area contributed by atoms with Crippen molar-refractivity contribution in [3.8, 4) is 0 Å². The van der Waals surface area contributed by atoms with Gasteiger partial charge in [0.1, 0.15) is 0 Å². The Morgan fingerprint density at radius 1 is 1.33 bits per heavy atom. The Balaban J connectivity index is 1.91. The van der Waals surface area contributed by atoms with E-state index in [-0.39, 0.29) is 18.4 Å². The van der Waals surface area contributed by atoms with E-state index in [1.54, 1.807) is 0 Å². The molecule has 1 amide bonds. The van der Waals surface area contributed by atoms with Crippen LogP contribution in [0.5, 0.6) is 0 Å². The summed E-state index contributed by atoms with van der Waals surface area (Å²) in [5.41, 5.74) is 0.238. The van der Waals surface area contributed by atoms with Gasteiger partial charge in [-0.3, -0.25) is 9.59 Å². The fraction of sp³-hybridized carbons (Fsp3) is 0.429. The first-order valence-electron chi connectivity index (χ1n) is 6.11. The zero-order valence-electron chi connectivity index (χ0n) is 10.3. The highest BCUT2D eigenvalue weighted by molar-refractivity contribution is 5.84. The monoisotopic (exact) mass is 247 g/mol. The normalized spacial score (nSPS) is 17.8. The molecule has 1 aliphatic carbocycles. The molecule has 96 valence electrons. The van der Waals surface area contributed by atoms with Crippen molar-refractivity contribution in [2.45, 2.75) is 25.7 Å². The molecule has 2 rings (SSSR count). The number of carboxylic acid groups (broad SMARTS) is 1. The average Bonchev–Trinajstić information content (AvgIpc) is 3.17. The summed E-state index contributed by atoms with van der Waals surface area (Å²) in [6.07, 6.45) is 1.31. The summed E-state index contributed by atoms with van der Waals surface area (Å²) >= 11 is 0. The molecule has 0 radical (unpaired) electrons. The molecule has 1 aromatic carbocycles. The summed E-state index contributed by atoms with van der Waals surface area (Å²) in [4.78, 5) is 22.9. The molecular formula is C14H17NO3. The van der Waals surface area contributed by atoms with Gasteiger partial charge in [-0.05, 0) is 25.3 Å². The molecule has 0 bridgehead atoms. The summed E-state index contributed by atoms with van der Waals surface area (Å²) in [6, 6.07) is 9.47. The van der Waals surface area contributed by atoms with Crippen LogP contribution < -0.4 is 5.32 Å². The third-order valence-electron chi connectivity index (χ3n) is 3.60. The number of benzene rings is 1. The molecule has 4 heteroatoms. The number of rotatable bonds is 5. The Labute approximate surface area is 106 Å². The second kappa shape index (κ2) is 4.80. The minimum atomic E-state index is -0.810. The highest BCUT2D eigenvalue weighted by atomic mass is 16.4. The van der Waals surface area contributed by atoms with Gasteiger partial charge in [0.25, 0.3) is 0 Å². The van der Waals surface area contributed by atoms with Crippen molar-refractivity contribution in [2.75, 3.05) is 6.54 Å². The van der Waals surface area contributed by atoms with Crippen LogP contribution in [0.3, 0.4) is 0 Å². The van der Waals surface area contributed by atoms with Crippen molar-refractivity contribution in [1.29, 1.82) is 0 Å². The molecule has 1 aromatic rings. The molecule has 1 atom stereocenters. The number of carbonyl (C=O) groups excluding carboxylic acids is 1. The summed E-state index contributed by atoms with van der Waals surface area (Å²) in [6.45, 7) is 2.06. The van der Waals surface area contributed by atoms with E-state index in [2.05, 4.69) is 5.32 Å². The highest BCUT2D eigenvalue weighted by Crippen LogP contribution is 2.45. The molecule has 1 unspecified atom stereocenters. The number of hydrogen-bond acceptors (Lipinski definition) is 2. The Morgan fingerprint density at radius 3 is 2.44 bits per heavy atom. The van der Waals surface area contributed by atoms with Crippen LogP contribution in [0.25, 0.3) is 0 Å². The molecule has 0 spiro atoms. The predicted molar refractivity (Wildman–Crippen MR) is 67.2 cm³/mol. The SMILES string of the molecule is CC(C(=O)NCC1(C(=O)O)CC1)c1ccccc1. The van der Waals surface area contributed by atoms with Gasteiger partial charge in [-0.2, -0.15) is 0 Å². The predicted octanol–water partition coefficient (Wildman–Crippen LogP) is 1.77. The lowest BCUT2D eigenvalue weighted by atomic mass is 10.00. The lowest BCUT2D eigenvalue weighted by Gasteiger charge is -2.15. The minimum Gasteiger partial charge on any atom is -0.481 e. The summed E-state index contributed by atoms with van der Waals surface area (Å²) in [5.74, 6) is -1.18. The van der Waals surface area contributed by atoms with Gasteiger partial charge in [0.15, 0.2) is 0 Å². The molecule has 0 aromatic heterocycles. The number of hydrogen-bond donors (Lipinski definition) is 2. The summed E-state index contributed by atoms with van der Waals surface area (Å²) in [5, 5.41) is 11.8. The van der Waals surface area contributed by atoms with Gasteiger partial charge in [0.05, 0.1) is 11.3 Å². The fourth-order valence-corrected chi connectivity index (χ4v) is 1.92. The molecule has 0 aliphatic heterocycles. The topological polar surface area (TPSA) is 66.4 Å². The number of carbonyl (C=O) groups is 2. The van der Waals surface area contributed by atoms with Crippen LogP contribution in [-0.4, -0.2) is 23.5 Å². The van der Waals surface area contributed by atoms with Crippen LogP contribution in [0.15, 0.2) is 30.3 Å². The quantitative estimate of drug-likeness (QED) is 0.833. The Hall–Kier alpha value is -1.84. The largest absolute Gasteiger partial charge is 0.481 e. The number of amides is 1. The van der Waals surface area contributed by atoms with E-state index in [1.807, 2.05) is 37.3 Å². The van der Waals surface area contributed by atoms with E-state index in [0.29, 0.717) is 12.8 Å². The maximum atomic E-state index is 11.9. The Morgan fingerprint density at radius 2 is 1.94 bits per heavy atom. The van der Waals surface area contributed by atoms with E-state index in [4.69, 9.17) is 5.11 Å². The average molecular weight is 247 g/mol. The van der Waals surface area contributed by atoms with Gasteiger partial charge in [0, 0.05) is 6.54 Å². The Kier molecular flexibility index (Phi) is 3.36. The van der Waals surface area contributed by atoms with Gasteiger partial charge < -0.3 is 10.4 Å². The molecule has 2 N–H and O–H groups in total. The van der Waals surface area contributed by atoms with Crippen molar-refractivity contribution >= 4 is 11.9 Å². The molecule has 1 aliphatic rings. The smallest absolute Gasteiger partial charge is 0.311 e. The summed E-state index contributed by atoms with van der Waals surface area (Å²) in [7, 11) is 0. The van der Waals surface area contributed by atoms with Crippen molar-refractivity contribution in [3.63, 3.8) is 0 Å². The third kappa shape index (κ3) is 2.53. The molecule has 0 heterocycles. The van der Waals surface area contributed by atoms with Gasteiger partial charge >= 0.3 is 5.97 Å². The lowest BCUT2D eigenvalue weighted by molar-refractivity contribution is -0.143. The number of aliphatic carboxylic acids is 1. The molecule has 4 nitrogen and oxygen atoms in total.